The van der Waals surface area contributed by atoms with Crippen molar-refractivity contribution in [3.05, 3.63) is 65.9 Å². The van der Waals surface area contributed by atoms with Crippen LogP contribution in [0.3, 0.4) is 0 Å². The van der Waals surface area contributed by atoms with E-state index >= 15 is 0 Å². The number of aromatic nitrogens is 1. The summed E-state index contributed by atoms with van der Waals surface area (Å²) in [5, 5.41) is 4.15. The van der Waals surface area contributed by atoms with Gasteiger partial charge >= 0.3 is 0 Å². The number of benzene rings is 2. The number of rotatable bonds is 6. The quantitative estimate of drug-likeness (QED) is 0.702. The van der Waals surface area contributed by atoms with Gasteiger partial charge in [0.2, 0.25) is 0 Å². The van der Waals surface area contributed by atoms with Gasteiger partial charge in [0.25, 0.3) is 5.91 Å². The molecule has 0 aliphatic heterocycles. The first-order valence-corrected chi connectivity index (χ1v) is 9.39. The molecule has 3 rings (SSSR count). The van der Waals surface area contributed by atoms with Crippen LogP contribution in [-0.2, 0) is 16.8 Å². The van der Waals surface area contributed by atoms with Gasteiger partial charge in [-0.3, -0.25) is 4.79 Å². The smallest absolute Gasteiger partial charge is 0.258 e. The third-order valence-electron chi connectivity index (χ3n) is 4.66. The molecule has 0 saturated carbocycles. The number of hydrogen-bond acceptors (Lipinski definition) is 2. The highest BCUT2D eigenvalue weighted by molar-refractivity contribution is 5.80. The van der Waals surface area contributed by atoms with Crippen molar-refractivity contribution < 1.29 is 9.53 Å². The Balaban J connectivity index is 1.53. The van der Waals surface area contributed by atoms with Gasteiger partial charge in [0.1, 0.15) is 5.75 Å². The van der Waals surface area contributed by atoms with Crippen LogP contribution in [-0.4, -0.2) is 23.6 Å². The number of hydrogen-bond donors (Lipinski definition) is 1. The number of nitrogens with zero attached hydrogens (tertiary/aromatic N) is 1. The maximum Gasteiger partial charge on any atom is 0.258 e. The molecule has 0 atom stereocenters. The first-order chi connectivity index (χ1) is 12.8. The number of ether oxygens (including phenoxy) is 1. The van der Waals surface area contributed by atoms with Gasteiger partial charge in [-0.15, -0.1) is 0 Å². The Morgan fingerprint density at radius 1 is 1.11 bits per heavy atom. The molecule has 3 aromatic rings. The fourth-order valence-corrected chi connectivity index (χ4v) is 3.20. The van der Waals surface area contributed by atoms with E-state index in [1.807, 2.05) is 24.3 Å². The summed E-state index contributed by atoms with van der Waals surface area (Å²) in [4.78, 5) is 12.2. The van der Waals surface area contributed by atoms with Crippen LogP contribution >= 0.6 is 0 Å². The molecule has 0 radical (unpaired) electrons. The molecule has 4 heteroatoms. The van der Waals surface area contributed by atoms with Crippen LogP contribution in [0.1, 0.15) is 31.9 Å². The van der Waals surface area contributed by atoms with E-state index in [0.717, 1.165) is 17.9 Å². The lowest BCUT2D eigenvalue weighted by molar-refractivity contribution is -0.123. The number of carbonyl (C=O) groups is 1. The van der Waals surface area contributed by atoms with Crippen LogP contribution in [0.5, 0.6) is 5.75 Å². The molecular formula is C23H28N2O2. The van der Waals surface area contributed by atoms with Crippen molar-refractivity contribution in [2.24, 2.45) is 0 Å². The van der Waals surface area contributed by atoms with Crippen molar-refractivity contribution in [2.45, 2.75) is 39.7 Å². The molecule has 4 nitrogen and oxygen atoms in total. The molecule has 0 fully saturated rings. The molecule has 0 aliphatic carbocycles. The monoisotopic (exact) mass is 364 g/mol. The number of nitrogens with one attached hydrogen (secondary N) is 1. The minimum atomic E-state index is -0.105. The minimum Gasteiger partial charge on any atom is -0.483 e. The Bertz CT molecular complexity index is 935. The maximum atomic E-state index is 12.2. The standard InChI is InChI=1S/C23H28N2O2/c1-17-9-10-21(19(15-17)23(2,3)4)27-16-22(26)24-12-14-25-13-11-18-7-5-6-8-20(18)25/h5-11,13,15H,12,14,16H2,1-4H3,(H,24,26). The molecule has 0 aliphatic rings. The van der Waals surface area contributed by atoms with Crippen molar-refractivity contribution >= 4 is 16.8 Å². The van der Waals surface area contributed by atoms with Crippen molar-refractivity contribution in [1.82, 2.24) is 9.88 Å². The lowest BCUT2D eigenvalue weighted by Crippen LogP contribution is -2.31. The average Bonchev–Trinajstić information content (AvgIpc) is 3.03. The second-order valence-corrected chi connectivity index (χ2v) is 7.96. The highest BCUT2D eigenvalue weighted by Gasteiger charge is 2.19. The van der Waals surface area contributed by atoms with E-state index < -0.39 is 0 Å². The van der Waals surface area contributed by atoms with Gasteiger partial charge in [-0.05, 0) is 41.5 Å². The third kappa shape index (κ3) is 4.70. The van der Waals surface area contributed by atoms with E-state index in [0.29, 0.717) is 6.54 Å². The summed E-state index contributed by atoms with van der Waals surface area (Å²) in [6, 6.07) is 16.4. The fourth-order valence-electron chi connectivity index (χ4n) is 3.20. The summed E-state index contributed by atoms with van der Waals surface area (Å²) < 4.78 is 7.97. The topological polar surface area (TPSA) is 43.3 Å². The molecule has 0 spiro atoms. The van der Waals surface area contributed by atoms with E-state index in [9.17, 15) is 4.79 Å². The SMILES string of the molecule is Cc1ccc(OCC(=O)NCCn2ccc3ccccc32)c(C(C)(C)C)c1. The molecular weight excluding hydrogens is 336 g/mol. The van der Waals surface area contributed by atoms with Crippen molar-refractivity contribution in [3.8, 4) is 5.75 Å². The predicted octanol–water partition coefficient (Wildman–Crippen LogP) is 4.44. The zero-order valence-electron chi connectivity index (χ0n) is 16.6. The Hall–Kier alpha value is -2.75. The molecule has 0 unspecified atom stereocenters. The van der Waals surface area contributed by atoms with Crippen molar-refractivity contribution in [3.63, 3.8) is 0 Å². The van der Waals surface area contributed by atoms with E-state index in [4.69, 9.17) is 4.74 Å². The lowest BCUT2D eigenvalue weighted by Gasteiger charge is -2.23. The van der Waals surface area contributed by atoms with Crippen LogP contribution in [0.25, 0.3) is 10.9 Å². The summed E-state index contributed by atoms with van der Waals surface area (Å²) >= 11 is 0. The summed E-state index contributed by atoms with van der Waals surface area (Å²) in [7, 11) is 0. The predicted molar refractivity (Wildman–Crippen MR) is 110 cm³/mol. The zero-order chi connectivity index (χ0) is 19.4. The van der Waals surface area contributed by atoms with Gasteiger partial charge in [0.05, 0.1) is 0 Å². The molecule has 1 amide bonds. The summed E-state index contributed by atoms with van der Waals surface area (Å²) in [5.74, 6) is 0.673. The molecule has 1 heterocycles. The Labute approximate surface area is 161 Å². The third-order valence-corrected chi connectivity index (χ3v) is 4.66. The van der Waals surface area contributed by atoms with Crippen molar-refractivity contribution in [1.29, 1.82) is 0 Å². The lowest BCUT2D eigenvalue weighted by atomic mass is 9.85. The summed E-state index contributed by atoms with van der Waals surface area (Å²) in [6.45, 7) is 9.84. The first kappa shape index (κ1) is 19.0. The Morgan fingerprint density at radius 3 is 2.67 bits per heavy atom. The second-order valence-electron chi connectivity index (χ2n) is 7.96. The highest BCUT2D eigenvalue weighted by Crippen LogP contribution is 2.32. The van der Waals surface area contributed by atoms with Gasteiger partial charge in [-0.1, -0.05) is 56.7 Å². The fraction of sp³-hybridized carbons (Fsp3) is 0.348. The number of carbonyl (C=O) groups excluding carboxylic acids is 1. The van der Waals surface area contributed by atoms with E-state index in [2.05, 4.69) is 68.0 Å². The van der Waals surface area contributed by atoms with Gasteiger partial charge < -0.3 is 14.6 Å². The summed E-state index contributed by atoms with van der Waals surface area (Å²) in [6.07, 6.45) is 2.05. The van der Waals surface area contributed by atoms with Gasteiger partial charge in [0, 0.05) is 24.8 Å². The molecule has 1 aromatic heterocycles. The van der Waals surface area contributed by atoms with Crippen LogP contribution in [0.2, 0.25) is 0 Å². The second kappa shape index (κ2) is 7.87. The van der Waals surface area contributed by atoms with Crippen LogP contribution in [0.4, 0.5) is 0 Å². The minimum absolute atomic E-state index is 0.0264. The van der Waals surface area contributed by atoms with Crippen molar-refractivity contribution in [2.75, 3.05) is 13.2 Å². The number of fused-ring (bicyclic) bond motifs is 1. The summed E-state index contributed by atoms with van der Waals surface area (Å²) in [5.41, 5.74) is 3.45. The van der Waals surface area contributed by atoms with E-state index in [1.54, 1.807) is 0 Å². The average molecular weight is 364 g/mol. The van der Waals surface area contributed by atoms with E-state index in [1.165, 1.54) is 16.5 Å². The number of aryl methyl sites for hydroxylation is 1. The Kier molecular flexibility index (Phi) is 5.54. The first-order valence-electron chi connectivity index (χ1n) is 9.39. The molecule has 27 heavy (non-hydrogen) atoms. The van der Waals surface area contributed by atoms with Crippen LogP contribution in [0, 0.1) is 6.92 Å². The molecule has 1 N–H and O–H groups in total. The largest absolute Gasteiger partial charge is 0.483 e. The van der Waals surface area contributed by atoms with Crippen LogP contribution in [0.15, 0.2) is 54.7 Å². The normalized spacial score (nSPS) is 11.6. The number of amides is 1. The molecule has 0 saturated heterocycles. The number of para-hydroxylation sites is 1. The molecule has 142 valence electrons. The Morgan fingerprint density at radius 2 is 1.89 bits per heavy atom. The van der Waals surface area contributed by atoms with Crippen LogP contribution < -0.4 is 10.1 Å². The maximum absolute atomic E-state index is 12.2. The molecule has 2 aromatic carbocycles. The highest BCUT2D eigenvalue weighted by atomic mass is 16.5. The van der Waals surface area contributed by atoms with E-state index in [-0.39, 0.29) is 17.9 Å². The zero-order valence-corrected chi connectivity index (χ0v) is 16.6. The molecule has 0 bridgehead atoms. The van der Waals surface area contributed by atoms with Gasteiger partial charge in [-0.25, -0.2) is 0 Å². The van der Waals surface area contributed by atoms with Gasteiger partial charge in [-0.2, -0.15) is 0 Å². The van der Waals surface area contributed by atoms with Gasteiger partial charge in [0.15, 0.2) is 6.61 Å².